The number of pyridine rings is 1. The highest BCUT2D eigenvalue weighted by Crippen LogP contribution is 2.38. The molecule has 0 fully saturated rings. The summed E-state index contributed by atoms with van der Waals surface area (Å²) in [6.07, 6.45) is 3.63. The molecule has 0 aliphatic carbocycles. The van der Waals surface area contributed by atoms with E-state index in [1.54, 1.807) is 31.3 Å². The van der Waals surface area contributed by atoms with Crippen molar-refractivity contribution in [1.29, 1.82) is 0 Å². The lowest BCUT2D eigenvalue weighted by Crippen LogP contribution is -2.41. The highest BCUT2D eigenvalue weighted by Gasteiger charge is 2.32. The van der Waals surface area contributed by atoms with Crippen molar-refractivity contribution in [1.82, 2.24) is 14.1 Å². The van der Waals surface area contributed by atoms with E-state index in [-0.39, 0.29) is 34.2 Å². The van der Waals surface area contributed by atoms with Gasteiger partial charge in [-0.15, -0.1) is 0 Å². The molecule has 0 unspecified atom stereocenters. The lowest BCUT2D eigenvalue weighted by atomic mass is 9.91. The number of rotatable bonds is 4. The Morgan fingerprint density at radius 3 is 2.64 bits per heavy atom. The monoisotopic (exact) mass is 467 g/mol. The van der Waals surface area contributed by atoms with Crippen molar-refractivity contribution in [2.45, 2.75) is 24.3 Å². The molecular formula is C23H19F2N5O2S. The highest BCUT2D eigenvalue weighted by molar-refractivity contribution is 7.90. The van der Waals surface area contributed by atoms with E-state index in [2.05, 4.69) is 20.0 Å². The van der Waals surface area contributed by atoms with Gasteiger partial charge in [0.15, 0.2) is 0 Å². The molecule has 2 aromatic heterocycles. The summed E-state index contributed by atoms with van der Waals surface area (Å²) in [5.74, 6) is -1.96. The number of benzene rings is 2. The SMILES string of the molecule is C[C@@H](c1ccccc1F)c1c(F)ccc2c1NC(=NCc1cn3ccccc3n1)NS2(=O)=O. The largest absolute Gasteiger partial charge is 0.324 e. The van der Waals surface area contributed by atoms with E-state index >= 15 is 0 Å². The standard InChI is InChI=1S/C23H19F2N5O2S/c1-14(16-6-2-3-7-17(16)24)21-18(25)9-10-19-22(21)28-23(29-33(19,31)32)26-12-15-13-30-11-5-4-8-20(30)27-15/h2-11,13-14H,12H2,1H3,(H2,26,28,29)/t14-/m0/s1. The molecule has 4 aromatic rings. The zero-order valence-corrected chi connectivity index (χ0v) is 18.3. The van der Waals surface area contributed by atoms with Crippen molar-refractivity contribution >= 4 is 27.3 Å². The lowest BCUT2D eigenvalue weighted by Gasteiger charge is -2.26. The normalized spacial score (nSPS) is 16.8. The minimum atomic E-state index is -4.01. The minimum absolute atomic E-state index is 0.0401. The second-order valence-electron chi connectivity index (χ2n) is 7.67. The predicted molar refractivity (Wildman–Crippen MR) is 121 cm³/mol. The van der Waals surface area contributed by atoms with Gasteiger partial charge in [-0.25, -0.2) is 31.9 Å². The van der Waals surface area contributed by atoms with E-state index in [1.807, 2.05) is 28.8 Å². The van der Waals surface area contributed by atoms with Crippen molar-refractivity contribution < 1.29 is 17.2 Å². The van der Waals surface area contributed by atoms with Crippen LogP contribution in [0.25, 0.3) is 5.65 Å². The Hall–Kier alpha value is -3.79. The highest BCUT2D eigenvalue weighted by atomic mass is 32.2. The smallest absolute Gasteiger partial charge is 0.266 e. The number of imidazole rings is 1. The Kier molecular flexibility index (Phi) is 5.09. The summed E-state index contributed by atoms with van der Waals surface area (Å²) in [5, 5.41) is 2.90. The summed E-state index contributed by atoms with van der Waals surface area (Å²) in [5.41, 5.74) is 1.70. The molecule has 3 heterocycles. The van der Waals surface area contributed by atoms with Gasteiger partial charge < -0.3 is 9.72 Å². The summed E-state index contributed by atoms with van der Waals surface area (Å²) in [4.78, 5) is 8.61. The van der Waals surface area contributed by atoms with Crippen molar-refractivity contribution in [3.63, 3.8) is 0 Å². The molecule has 0 saturated carbocycles. The van der Waals surface area contributed by atoms with Gasteiger partial charge >= 0.3 is 0 Å². The zero-order chi connectivity index (χ0) is 23.2. The van der Waals surface area contributed by atoms with Gasteiger partial charge in [-0.05, 0) is 35.9 Å². The van der Waals surface area contributed by atoms with Crippen LogP contribution in [-0.2, 0) is 16.6 Å². The second kappa shape index (κ2) is 7.96. The molecule has 1 aliphatic heterocycles. The molecule has 0 amide bonds. The van der Waals surface area contributed by atoms with E-state index < -0.39 is 27.6 Å². The van der Waals surface area contributed by atoms with Crippen LogP contribution in [0.3, 0.4) is 0 Å². The van der Waals surface area contributed by atoms with E-state index in [4.69, 9.17) is 0 Å². The van der Waals surface area contributed by atoms with Crippen LogP contribution in [-0.4, -0.2) is 23.8 Å². The summed E-state index contributed by atoms with van der Waals surface area (Å²) >= 11 is 0. The zero-order valence-electron chi connectivity index (χ0n) is 17.5. The van der Waals surface area contributed by atoms with Crippen LogP contribution in [0.4, 0.5) is 14.5 Å². The first-order valence-corrected chi connectivity index (χ1v) is 11.7. The number of sulfonamides is 1. The van der Waals surface area contributed by atoms with Crippen molar-refractivity contribution in [2.24, 2.45) is 4.99 Å². The first-order chi connectivity index (χ1) is 15.8. The molecule has 0 saturated heterocycles. The molecular weight excluding hydrogens is 448 g/mol. The number of fused-ring (bicyclic) bond motifs is 2. The molecule has 2 aromatic carbocycles. The van der Waals surface area contributed by atoms with Crippen LogP contribution in [0.2, 0.25) is 0 Å². The third-order valence-corrected chi connectivity index (χ3v) is 6.92. The van der Waals surface area contributed by atoms with Gasteiger partial charge in [0, 0.05) is 23.9 Å². The van der Waals surface area contributed by atoms with Gasteiger partial charge in [-0.2, -0.15) is 0 Å². The molecule has 0 radical (unpaired) electrons. The quantitative estimate of drug-likeness (QED) is 0.475. The number of hydrogen-bond acceptors (Lipinski definition) is 4. The summed E-state index contributed by atoms with van der Waals surface area (Å²) in [6.45, 7) is 1.72. The van der Waals surface area contributed by atoms with Gasteiger partial charge in [0.25, 0.3) is 10.0 Å². The molecule has 168 valence electrons. The van der Waals surface area contributed by atoms with Crippen molar-refractivity contribution in [3.8, 4) is 0 Å². The molecule has 0 spiro atoms. The molecule has 10 heteroatoms. The third kappa shape index (κ3) is 3.82. The topological polar surface area (TPSA) is 87.9 Å². The first kappa shape index (κ1) is 21.1. The molecule has 5 rings (SSSR count). The van der Waals surface area contributed by atoms with Gasteiger partial charge in [0.1, 0.15) is 22.2 Å². The average Bonchev–Trinajstić information content (AvgIpc) is 3.20. The molecule has 1 atom stereocenters. The minimum Gasteiger partial charge on any atom is -0.324 e. The van der Waals surface area contributed by atoms with E-state index in [0.29, 0.717) is 5.69 Å². The number of nitrogens with zero attached hydrogens (tertiary/aromatic N) is 3. The maximum absolute atomic E-state index is 15.0. The Labute approximate surface area is 188 Å². The van der Waals surface area contributed by atoms with Gasteiger partial charge in [-0.1, -0.05) is 31.2 Å². The third-order valence-electron chi connectivity index (χ3n) is 5.54. The fraction of sp³-hybridized carbons (Fsp3) is 0.130. The second-order valence-corrected chi connectivity index (χ2v) is 9.32. The number of nitrogens with one attached hydrogen (secondary N) is 2. The Balaban J connectivity index is 1.54. The number of aromatic nitrogens is 2. The predicted octanol–water partition coefficient (Wildman–Crippen LogP) is 4.02. The van der Waals surface area contributed by atoms with Crippen LogP contribution in [0.1, 0.15) is 29.7 Å². The maximum Gasteiger partial charge on any atom is 0.266 e. The number of hydrogen-bond donors (Lipinski definition) is 2. The van der Waals surface area contributed by atoms with E-state index in [1.165, 1.54) is 12.1 Å². The number of aliphatic imine (C=N–C) groups is 1. The van der Waals surface area contributed by atoms with Gasteiger partial charge in [0.05, 0.1) is 17.9 Å². The van der Waals surface area contributed by atoms with Gasteiger partial charge in [-0.3, -0.25) is 0 Å². The summed E-state index contributed by atoms with van der Waals surface area (Å²) in [7, 11) is -4.01. The fourth-order valence-corrected chi connectivity index (χ4v) is 5.11. The molecule has 2 N–H and O–H groups in total. The number of guanidine groups is 1. The Morgan fingerprint density at radius 1 is 1.06 bits per heavy atom. The number of halogens is 2. The lowest BCUT2D eigenvalue weighted by molar-refractivity contribution is 0.577. The van der Waals surface area contributed by atoms with E-state index in [0.717, 1.165) is 11.7 Å². The molecule has 7 nitrogen and oxygen atoms in total. The Morgan fingerprint density at radius 2 is 1.85 bits per heavy atom. The molecule has 1 aliphatic rings. The van der Waals surface area contributed by atoms with Crippen molar-refractivity contribution in [2.75, 3.05) is 5.32 Å². The maximum atomic E-state index is 15.0. The number of anilines is 1. The van der Waals surface area contributed by atoms with Crippen LogP contribution in [0, 0.1) is 11.6 Å². The summed E-state index contributed by atoms with van der Waals surface area (Å²) in [6, 6.07) is 13.8. The van der Waals surface area contributed by atoms with E-state index in [9.17, 15) is 17.2 Å². The van der Waals surface area contributed by atoms with Crippen LogP contribution < -0.4 is 10.0 Å². The Bertz CT molecular complexity index is 1480. The van der Waals surface area contributed by atoms with Crippen molar-refractivity contribution in [3.05, 3.63) is 95.4 Å². The van der Waals surface area contributed by atoms with Crippen LogP contribution in [0.15, 0.2) is 76.9 Å². The fourth-order valence-electron chi connectivity index (χ4n) is 3.95. The average molecular weight is 468 g/mol. The van der Waals surface area contributed by atoms with Gasteiger partial charge in [0.2, 0.25) is 5.96 Å². The molecule has 33 heavy (non-hydrogen) atoms. The first-order valence-electron chi connectivity index (χ1n) is 10.2. The van der Waals surface area contributed by atoms with Crippen LogP contribution in [0.5, 0.6) is 0 Å². The summed E-state index contributed by atoms with van der Waals surface area (Å²) < 4.78 is 59.3. The molecule has 0 bridgehead atoms. The van der Waals surface area contributed by atoms with Crippen LogP contribution >= 0.6 is 0 Å².